The lowest BCUT2D eigenvalue weighted by molar-refractivity contribution is -0.119. The second-order valence-electron chi connectivity index (χ2n) is 6.04. The predicted molar refractivity (Wildman–Crippen MR) is 95.1 cm³/mol. The summed E-state index contributed by atoms with van der Waals surface area (Å²) in [6, 6.07) is 16.4. The van der Waals surface area contributed by atoms with E-state index in [2.05, 4.69) is 35.3 Å². The van der Waals surface area contributed by atoms with E-state index >= 15 is 0 Å². The Labute approximate surface area is 142 Å². The molecule has 1 heterocycles. The summed E-state index contributed by atoms with van der Waals surface area (Å²) in [6.45, 7) is 3.20. The number of nitrogens with zero attached hydrogens (tertiary/aromatic N) is 1. The lowest BCUT2D eigenvalue weighted by Crippen LogP contribution is -2.40. The van der Waals surface area contributed by atoms with Crippen LogP contribution in [0.3, 0.4) is 0 Å². The molecule has 0 fully saturated rings. The van der Waals surface area contributed by atoms with E-state index in [9.17, 15) is 4.79 Å². The zero-order valence-corrected chi connectivity index (χ0v) is 14.0. The Balaban J connectivity index is 1.52. The first-order valence-electron chi connectivity index (χ1n) is 7.99. The fourth-order valence-corrected chi connectivity index (χ4v) is 3.33. The monoisotopic (exact) mass is 328 g/mol. The summed E-state index contributed by atoms with van der Waals surface area (Å²) in [4.78, 5) is 14.4. The largest absolute Gasteiger partial charge is 0.359 e. The molecule has 3 nitrogen and oxygen atoms in total. The number of hydrogen-bond acceptors (Lipinski definition) is 2. The minimum Gasteiger partial charge on any atom is -0.359 e. The maximum atomic E-state index is 12.2. The van der Waals surface area contributed by atoms with Crippen molar-refractivity contribution in [3.63, 3.8) is 0 Å². The Bertz CT molecular complexity index is 701. The number of hydrogen-bond donors (Lipinski definition) is 1. The van der Waals surface area contributed by atoms with E-state index in [1.54, 1.807) is 0 Å². The maximum absolute atomic E-state index is 12.2. The third kappa shape index (κ3) is 3.85. The molecule has 0 unspecified atom stereocenters. The highest BCUT2D eigenvalue weighted by Crippen LogP contribution is 2.31. The van der Waals surface area contributed by atoms with Gasteiger partial charge >= 0.3 is 0 Å². The van der Waals surface area contributed by atoms with Crippen LogP contribution in [-0.2, 0) is 17.6 Å². The third-order valence-corrected chi connectivity index (χ3v) is 4.52. The van der Waals surface area contributed by atoms with Gasteiger partial charge in [-0.25, -0.2) is 0 Å². The van der Waals surface area contributed by atoms with Crippen LogP contribution in [0.4, 0.5) is 5.69 Å². The summed E-state index contributed by atoms with van der Waals surface area (Å²) >= 11 is 5.97. The van der Waals surface area contributed by atoms with Crippen LogP contribution in [0.15, 0.2) is 48.5 Å². The Morgan fingerprint density at radius 1 is 1.26 bits per heavy atom. The zero-order chi connectivity index (χ0) is 16.2. The van der Waals surface area contributed by atoms with Crippen molar-refractivity contribution in [1.29, 1.82) is 0 Å². The fraction of sp³-hybridized carbons (Fsp3) is 0.316. The summed E-state index contributed by atoms with van der Waals surface area (Å²) in [5, 5.41) is 3.74. The smallest absolute Gasteiger partial charge is 0.239 e. The van der Waals surface area contributed by atoms with E-state index in [1.807, 2.05) is 30.3 Å². The van der Waals surface area contributed by atoms with E-state index in [4.69, 9.17) is 11.6 Å². The Morgan fingerprint density at radius 3 is 2.91 bits per heavy atom. The summed E-state index contributed by atoms with van der Waals surface area (Å²) in [5.41, 5.74) is 3.65. The first-order valence-corrected chi connectivity index (χ1v) is 8.37. The lowest BCUT2D eigenvalue weighted by Gasteiger charge is -2.24. The molecule has 0 saturated carbocycles. The van der Waals surface area contributed by atoms with Crippen LogP contribution in [0.2, 0.25) is 5.02 Å². The molecule has 2 aromatic carbocycles. The normalized spacial score (nSPS) is 16.3. The molecular weight excluding hydrogens is 308 g/mol. The Morgan fingerprint density at radius 2 is 2.09 bits per heavy atom. The van der Waals surface area contributed by atoms with E-state index in [0.29, 0.717) is 19.1 Å². The van der Waals surface area contributed by atoms with Gasteiger partial charge < -0.3 is 10.2 Å². The van der Waals surface area contributed by atoms with Crippen molar-refractivity contribution in [3.8, 4) is 0 Å². The number of carbonyl (C=O) groups excluding carboxylic acids is 1. The highest BCUT2D eigenvalue weighted by atomic mass is 35.5. The van der Waals surface area contributed by atoms with Crippen LogP contribution in [0.25, 0.3) is 0 Å². The standard InChI is InChI=1S/C19H21ClN2O/c1-14-11-16-6-2-3-8-18(16)22(14)13-19(23)21-10-9-15-5-4-7-17(20)12-15/h2-8,12,14H,9-11,13H2,1H3,(H,21,23)/t14-/m0/s1. The summed E-state index contributed by atoms with van der Waals surface area (Å²) in [5.74, 6) is 0.0654. The molecule has 4 heteroatoms. The van der Waals surface area contributed by atoms with Crippen molar-refractivity contribution in [2.75, 3.05) is 18.0 Å². The van der Waals surface area contributed by atoms with Crippen molar-refractivity contribution in [3.05, 3.63) is 64.7 Å². The lowest BCUT2D eigenvalue weighted by atomic mass is 10.1. The highest BCUT2D eigenvalue weighted by Gasteiger charge is 2.26. The molecule has 1 atom stereocenters. The number of halogens is 1. The number of para-hydroxylation sites is 1. The molecule has 0 aromatic heterocycles. The molecule has 0 bridgehead atoms. The minimum atomic E-state index is 0.0654. The van der Waals surface area contributed by atoms with Crippen LogP contribution in [-0.4, -0.2) is 25.0 Å². The van der Waals surface area contributed by atoms with Gasteiger partial charge in [0.25, 0.3) is 0 Å². The van der Waals surface area contributed by atoms with E-state index in [-0.39, 0.29) is 5.91 Å². The van der Waals surface area contributed by atoms with Crippen molar-refractivity contribution < 1.29 is 4.79 Å². The number of benzene rings is 2. The van der Waals surface area contributed by atoms with E-state index in [1.165, 1.54) is 11.3 Å². The van der Waals surface area contributed by atoms with E-state index < -0.39 is 0 Å². The fourth-order valence-electron chi connectivity index (χ4n) is 3.12. The second-order valence-corrected chi connectivity index (χ2v) is 6.48. The number of amides is 1. The van der Waals surface area contributed by atoms with Gasteiger partial charge in [-0.15, -0.1) is 0 Å². The van der Waals surface area contributed by atoms with Gasteiger partial charge in [-0.3, -0.25) is 4.79 Å². The molecule has 1 aliphatic heterocycles. The van der Waals surface area contributed by atoms with Crippen molar-refractivity contribution in [2.45, 2.75) is 25.8 Å². The van der Waals surface area contributed by atoms with Crippen LogP contribution < -0.4 is 10.2 Å². The molecule has 1 amide bonds. The maximum Gasteiger partial charge on any atom is 0.239 e. The number of nitrogens with one attached hydrogen (secondary N) is 1. The number of fused-ring (bicyclic) bond motifs is 1. The molecule has 1 aliphatic rings. The minimum absolute atomic E-state index is 0.0654. The summed E-state index contributed by atoms with van der Waals surface area (Å²) < 4.78 is 0. The molecule has 0 aliphatic carbocycles. The second kappa shape index (κ2) is 7.05. The van der Waals surface area contributed by atoms with Crippen molar-refractivity contribution in [1.82, 2.24) is 5.32 Å². The first kappa shape index (κ1) is 15.9. The van der Waals surface area contributed by atoms with Crippen molar-refractivity contribution >= 4 is 23.2 Å². The molecule has 0 saturated heterocycles. The molecule has 0 radical (unpaired) electrons. The van der Waals surface area contributed by atoms with Gasteiger partial charge in [0.1, 0.15) is 0 Å². The molecule has 1 N–H and O–H groups in total. The van der Waals surface area contributed by atoms with Crippen LogP contribution in [0.1, 0.15) is 18.1 Å². The molecule has 3 rings (SSSR count). The highest BCUT2D eigenvalue weighted by molar-refractivity contribution is 6.30. The first-order chi connectivity index (χ1) is 11.1. The van der Waals surface area contributed by atoms with Gasteiger partial charge in [-0.05, 0) is 49.1 Å². The topological polar surface area (TPSA) is 32.3 Å². The molecule has 0 spiro atoms. The van der Waals surface area contributed by atoms with Gasteiger partial charge in [0.05, 0.1) is 6.54 Å². The van der Waals surface area contributed by atoms with Gasteiger partial charge in [0.15, 0.2) is 0 Å². The Kier molecular flexibility index (Phi) is 4.87. The SMILES string of the molecule is C[C@H]1Cc2ccccc2N1CC(=O)NCCc1cccc(Cl)c1. The third-order valence-electron chi connectivity index (χ3n) is 4.29. The number of carbonyl (C=O) groups is 1. The summed E-state index contributed by atoms with van der Waals surface area (Å²) in [7, 11) is 0. The summed E-state index contributed by atoms with van der Waals surface area (Å²) in [6.07, 6.45) is 1.80. The average Bonchev–Trinajstić information content (AvgIpc) is 2.83. The van der Waals surface area contributed by atoms with Gasteiger partial charge in [-0.2, -0.15) is 0 Å². The Hall–Kier alpha value is -2.00. The quantitative estimate of drug-likeness (QED) is 0.911. The predicted octanol–water partition coefficient (Wildman–Crippen LogP) is 3.45. The molecular formula is C19H21ClN2O. The zero-order valence-electron chi connectivity index (χ0n) is 13.3. The van der Waals surface area contributed by atoms with E-state index in [0.717, 1.165) is 23.4 Å². The van der Waals surface area contributed by atoms with Crippen LogP contribution in [0, 0.1) is 0 Å². The number of rotatable bonds is 5. The van der Waals surface area contributed by atoms with Crippen molar-refractivity contribution in [2.24, 2.45) is 0 Å². The van der Waals surface area contributed by atoms with Crippen LogP contribution >= 0.6 is 11.6 Å². The van der Waals surface area contributed by atoms with Crippen LogP contribution in [0.5, 0.6) is 0 Å². The van der Waals surface area contributed by atoms with Gasteiger partial charge in [0, 0.05) is 23.3 Å². The van der Waals surface area contributed by atoms with Gasteiger partial charge in [-0.1, -0.05) is 41.9 Å². The molecule has 23 heavy (non-hydrogen) atoms. The average molecular weight is 329 g/mol. The van der Waals surface area contributed by atoms with Gasteiger partial charge in [0.2, 0.25) is 5.91 Å². The number of anilines is 1. The molecule has 120 valence electrons. The molecule has 2 aromatic rings.